The van der Waals surface area contributed by atoms with E-state index >= 15 is 0 Å². The summed E-state index contributed by atoms with van der Waals surface area (Å²) >= 11 is 0. The quantitative estimate of drug-likeness (QED) is 0.538. The van der Waals surface area contributed by atoms with E-state index < -0.39 is 5.60 Å². The lowest BCUT2D eigenvalue weighted by molar-refractivity contribution is 0.0222. The number of anilines is 3. The van der Waals surface area contributed by atoms with Crippen molar-refractivity contribution in [1.82, 2.24) is 24.4 Å². The number of imidazole rings is 1. The van der Waals surface area contributed by atoms with Gasteiger partial charge >= 0.3 is 6.09 Å². The van der Waals surface area contributed by atoms with Gasteiger partial charge in [0.05, 0.1) is 12.2 Å². The molecule has 0 unspecified atom stereocenters. The van der Waals surface area contributed by atoms with Crippen LogP contribution in [0.15, 0.2) is 36.7 Å². The Bertz CT molecular complexity index is 1260. The van der Waals surface area contributed by atoms with Crippen LogP contribution in [0.2, 0.25) is 0 Å². The standard InChI is InChI=1S/C27H35N7O3/c1-18-28-13-15-34(18)20-10-8-19(9-11-20)29-25-30-22-12-14-33(26(35)37-27(2,3)4)17-21(22)24(31-25)32(5)23-7-6-16-36-23/h8-11,13,15,23H,6-7,12,14,16-17H2,1-5H3,(H,29,30,31)/t23-/m0/s1. The molecule has 196 valence electrons. The third-order valence-corrected chi connectivity index (χ3v) is 6.59. The third-order valence-electron chi connectivity index (χ3n) is 6.59. The predicted octanol–water partition coefficient (Wildman–Crippen LogP) is 4.58. The first-order chi connectivity index (χ1) is 17.7. The Morgan fingerprint density at radius 2 is 2.00 bits per heavy atom. The largest absolute Gasteiger partial charge is 0.444 e. The highest BCUT2D eigenvalue weighted by Gasteiger charge is 2.32. The minimum atomic E-state index is -0.551. The molecule has 0 bridgehead atoms. The van der Waals surface area contributed by atoms with E-state index in [1.54, 1.807) is 11.1 Å². The summed E-state index contributed by atoms with van der Waals surface area (Å²) < 4.78 is 13.6. The van der Waals surface area contributed by atoms with Crippen LogP contribution < -0.4 is 10.2 Å². The van der Waals surface area contributed by atoms with Gasteiger partial charge in [-0.25, -0.2) is 14.8 Å². The van der Waals surface area contributed by atoms with Crippen molar-refractivity contribution in [2.45, 2.75) is 65.3 Å². The summed E-state index contributed by atoms with van der Waals surface area (Å²) in [6, 6.07) is 8.08. The molecule has 2 aliphatic heterocycles. The van der Waals surface area contributed by atoms with Crippen molar-refractivity contribution >= 4 is 23.5 Å². The number of benzene rings is 1. The Labute approximate surface area is 217 Å². The first-order valence-corrected chi connectivity index (χ1v) is 12.8. The van der Waals surface area contributed by atoms with E-state index in [4.69, 9.17) is 19.4 Å². The summed E-state index contributed by atoms with van der Waals surface area (Å²) in [6.45, 7) is 9.29. The number of nitrogens with zero attached hydrogens (tertiary/aromatic N) is 6. The second kappa shape index (κ2) is 10.0. The predicted molar refractivity (Wildman–Crippen MR) is 141 cm³/mol. The van der Waals surface area contributed by atoms with Crippen molar-refractivity contribution in [1.29, 1.82) is 0 Å². The van der Waals surface area contributed by atoms with Crippen LogP contribution in [0.3, 0.4) is 0 Å². The summed E-state index contributed by atoms with van der Waals surface area (Å²) in [4.78, 5) is 30.7. The van der Waals surface area contributed by atoms with Crippen LogP contribution in [0.1, 0.15) is 50.7 Å². The molecule has 0 aliphatic carbocycles. The summed E-state index contributed by atoms with van der Waals surface area (Å²) in [5, 5.41) is 3.37. The zero-order valence-electron chi connectivity index (χ0n) is 22.2. The van der Waals surface area contributed by atoms with Gasteiger partial charge in [0.15, 0.2) is 0 Å². The molecule has 1 amide bonds. The van der Waals surface area contributed by atoms with Gasteiger partial charge in [-0.05, 0) is 64.8 Å². The number of fused-ring (bicyclic) bond motifs is 1. The van der Waals surface area contributed by atoms with Gasteiger partial charge in [0.2, 0.25) is 5.95 Å². The van der Waals surface area contributed by atoms with E-state index in [0.29, 0.717) is 25.5 Å². The zero-order valence-corrected chi connectivity index (χ0v) is 22.2. The lowest BCUT2D eigenvalue weighted by atomic mass is 10.1. The summed E-state index contributed by atoms with van der Waals surface area (Å²) in [7, 11) is 2.00. The molecule has 37 heavy (non-hydrogen) atoms. The smallest absolute Gasteiger partial charge is 0.410 e. The fourth-order valence-electron chi connectivity index (χ4n) is 4.71. The first-order valence-electron chi connectivity index (χ1n) is 12.8. The topological polar surface area (TPSA) is 97.6 Å². The average molecular weight is 506 g/mol. The number of ether oxygens (including phenoxy) is 2. The fourth-order valence-corrected chi connectivity index (χ4v) is 4.71. The number of aromatic nitrogens is 4. The second-order valence-electron chi connectivity index (χ2n) is 10.5. The Kier molecular flexibility index (Phi) is 6.76. The molecule has 1 N–H and O–H groups in total. The highest BCUT2D eigenvalue weighted by Crippen LogP contribution is 2.32. The molecule has 2 aromatic heterocycles. The number of amides is 1. The van der Waals surface area contributed by atoms with Gasteiger partial charge in [-0.1, -0.05) is 0 Å². The zero-order chi connectivity index (χ0) is 26.2. The number of aryl methyl sites for hydroxylation is 1. The van der Waals surface area contributed by atoms with Gasteiger partial charge in [0, 0.05) is 56.0 Å². The Morgan fingerprint density at radius 1 is 1.22 bits per heavy atom. The normalized spacial score (nSPS) is 17.4. The summed E-state index contributed by atoms with van der Waals surface area (Å²) in [5.41, 5.74) is 3.24. The highest BCUT2D eigenvalue weighted by molar-refractivity contribution is 5.70. The molecule has 4 heterocycles. The first kappa shape index (κ1) is 25.0. The molecule has 0 saturated carbocycles. The van der Waals surface area contributed by atoms with E-state index in [0.717, 1.165) is 53.7 Å². The minimum absolute atomic E-state index is 0.0542. The SMILES string of the molecule is Cc1nccn1-c1ccc(Nc2nc3c(c(N(C)[C@@H]4CCCO4)n2)CN(C(=O)OC(C)(C)C)CC3)cc1. The monoisotopic (exact) mass is 505 g/mol. The van der Waals surface area contributed by atoms with Gasteiger partial charge in [-0.15, -0.1) is 0 Å². The molecule has 10 nitrogen and oxygen atoms in total. The Hall–Kier alpha value is -3.66. The molecule has 3 aromatic rings. The van der Waals surface area contributed by atoms with Gasteiger partial charge in [-0.2, -0.15) is 4.98 Å². The minimum Gasteiger partial charge on any atom is -0.444 e. The molecule has 0 radical (unpaired) electrons. The van der Waals surface area contributed by atoms with Crippen molar-refractivity contribution in [2.75, 3.05) is 30.4 Å². The molecular weight excluding hydrogens is 470 g/mol. The van der Waals surface area contributed by atoms with Gasteiger partial charge in [-0.3, -0.25) is 0 Å². The van der Waals surface area contributed by atoms with Crippen LogP contribution in [0.5, 0.6) is 0 Å². The van der Waals surface area contributed by atoms with E-state index in [1.165, 1.54) is 0 Å². The summed E-state index contributed by atoms with van der Waals surface area (Å²) in [6.07, 6.45) is 5.93. The summed E-state index contributed by atoms with van der Waals surface area (Å²) in [5.74, 6) is 2.23. The van der Waals surface area contributed by atoms with Crippen LogP contribution >= 0.6 is 0 Å². The molecular formula is C27H35N7O3. The van der Waals surface area contributed by atoms with Crippen LogP contribution in [0, 0.1) is 6.92 Å². The molecule has 1 aromatic carbocycles. The molecule has 1 saturated heterocycles. The number of hydrogen-bond donors (Lipinski definition) is 1. The maximum absolute atomic E-state index is 12.8. The van der Waals surface area contributed by atoms with Crippen molar-refractivity contribution in [3.63, 3.8) is 0 Å². The van der Waals surface area contributed by atoms with E-state index in [-0.39, 0.29) is 12.3 Å². The lowest BCUT2D eigenvalue weighted by Gasteiger charge is -2.34. The number of rotatable bonds is 5. The molecule has 2 aliphatic rings. The lowest BCUT2D eigenvalue weighted by Crippen LogP contribution is -2.41. The molecule has 1 atom stereocenters. The second-order valence-corrected chi connectivity index (χ2v) is 10.5. The van der Waals surface area contributed by atoms with E-state index in [9.17, 15) is 4.79 Å². The fraction of sp³-hybridized carbons (Fsp3) is 0.481. The molecule has 10 heteroatoms. The van der Waals surface area contributed by atoms with Crippen molar-refractivity contribution < 1.29 is 14.3 Å². The molecule has 0 spiro atoms. The number of carbonyl (C=O) groups excluding carboxylic acids is 1. The van der Waals surface area contributed by atoms with E-state index in [1.807, 2.05) is 69.8 Å². The Morgan fingerprint density at radius 3 is 2.65 bits per heavy atom. The Balaban J connectivity index is 1.42. The van der Waals surface area contributed by atoms with Crippen LogP contribution in [0.4, 0.5) is 22.2 Å². The molecule has 1 fully saturated rings. The van der Waals surface area contributed by atoms with Crippen LogP contribution in [0.25, 0.3) is 5.69 Å². The van der Waals surface area contributed by atoms with Crippen molar-refractivity contribution in [3.05, 3.63) is 53.7 Å². The van der Waals surface area contributed by atoms with Gasteiger partial charge < -0.3 is 29.2 Å². The van der Waals surface area contributed by atoms with Gasteiger partial charge in [0.1, 0.15) is 23.5 Å². The average Bonchev–Trinajstić information content (AvgIpc) is 3.54. The number of hydrogen-bond acceptors (Lipinski definition) is 8. The maximum atomic E-state index is 12.8. The number of nitrogens with one attached hydrogen (secondary N) is 1. The molecule has 5 rings (SSSR count). The van der Waals surface area contributed by atoms with E-state index in [2.05, 4.69) is 15.2 Å². The van der Waals surface area contributed by atoms with Crippen LogP contribution in [-0.4, -0.2) is 62.5 Å². The van der Waals surface area contributed by atoms with Gasteiger partial charge in [0.25, 0.3) is 0 Å². The van der Waals surface area contributed by atoms with Crippen LogP contribution in [-0.2, 0) is 22.4 Å². The third kappa shape index (κ3) is 5.53. The number of carbonyl (C=O) groups is 1. The highest BCUT2D eigenvalue weighted by atomic mass is 16.6. The van der Waals surface area contributed by atoms with Crippen molar-refractivity contribution in [3.8, 4) is 5.69 Å². The maximum Gasteiger partial charge on any atom is 0.410 e. The van der Waals surface area contributed by atoms with Crippen molar-refractivity contribution in [2.24, 2.45) is 0 Å².